The zero-order valence-electron chi connectivity index (χ0n) is 16.8. The normalized spacial score (nSPS) is 12.7. The van der Waals surface area contributed by atoms with Crippen molar-refractivity contribution in [3.8, 4) is 0 Å². The third-order valence-corrected chi connectivity index (χ3v) is 6.56. The molecule has 162 valence electrons. The summed E-state index contributed by atoms with van der Waals surface area (Å²) >= 11 is 5.06. The number of carboxylic acids is 1. The Hall–Kier alpha value is -2.41. The van der Waals surface area contributed by atoms with Gasteiger partial charge in [-0.25, -0.2) is 8.98 Å². The zero-order valence-corrected chi connectivity index (χ0v) is 19.6. The fourth-order valence-corrected chi connectivity index (χ4v) is 3.89. The van der Waals surface area contributed by atoms with Crippen LogP contribution >= 0.6 is 9.47 Å². The van der Waals surface area contributed by atoms with Crippen molar-refractivity contribution in [1.29, 1.82) is 0 Å². The molecule has 8 heteroatoms. The summed E-state index contributed by atoms with van der Waals surface area (Å²) in [5.41, 5.74) is 1.46. The molecule has 1 N–H and O–H groups in total. The number of rotatable bonds is 7. The maximum absolute atomic E-state index is 12.6. The lowest BCUT2D eigenvalue weighted by Crippen LogP contribution is -2.35. The predicted octanol–water partition coefficient (Wildman–Crippen LogP) is 5.03. The second-order valence-electron chi connectivity index (χ2n) is 6.45. The minimum absolute atomic E-state index is 0.176. The fourth-order valence-electron chi connectivity index (χ4n) is 2.84. The molecule has 0 saturated carbocycles. The van der Waals surface area contributed by atoms with Crippen LogP contribution in [0.25, 0.3) is 0 Å². The van der Waals surface area contributed by atoms with Gasteiger partial charge in [0.15, 0.2) is 5.60 Å². The van der Waals surface area contributed by atoms with Crippen LogP contribution in [-0.2, 0) is 38.8 Å². The topological polar surface area (TPSA) is 72.8 Å². The predicted molar refractivity (Wildman–Crippen MR) is 129 cm³/mol. The van der Waals surface area contributed by atoms with E-state index in [9.17, 15) is 9.00 Å². The fraction of sp³-hybridized carbons (Fsp3) is 0.0870. The Balaban J connectivity index is 0.000000501. The average molecular weight is 475 g/mol. The smallest absolute Gasteiger partial charge is 0.330 e. The monoisotopic (exact) mass is 474 g/mol. The molecule has 0 aliphatic carbocycles. The summed E-state index contributed by atoms with van der Waals surface area (Å²) in [5.74, 6) is -0.935. The molecule has 0 aliphatic heterocycles. The van der Waals surface area contributed by atoms with E-state index in [1.54, 1.807) is 0 Å². The van der Waals surface area contributed by atoms with Crippen molar-refractivity contribution >= 4 is 35.7 Å². The van der Waals surface area contributed by atoms with Crippen LogP contribution in [0.3, 0.4) is 0 Å². The van der Waals surface area contributed by atoms with Crippen LogP contribution in [0.2, 0.25) is 0 Å². The largest absolute Gasteiger partial charge is 0.478 e. The molecule has 3 rings (SSSR count). The van der Waals surface area contributed by atoms with Gasteiger partial charge in [-0.15, -0.1) is 0 Å². The molecule has 2 unspecified atom stereocenters. The van der Waals surface area contributed by atoms with Crippen LogP contribution < -0.4 is 0 Å². The molecule has 5 nitrogen and oxygen atoms in total. The average Bonchev–Trinajstić information content (AvgIpc) is 2.79. The number of hydrogen-bond donors (Lipinski definition) is 1. The van der Waals surface area contributed by atoms with E-state index < -0.39 is 20.6 Å². The molecule has 0 fully saturated rings. The summed E-state index contributed by atoms with van der Waals surface area (Å²) in [5, 5.41) is 7.89. The highest BCUT2D eigenvalue weighted by Crippen LogP contribution is 2.42. The van der Waals surface area contributed by atoms with Crippen molar-refractivity contribution in [3.63, 3.8) is 0 Å². The molecule has 0 saturated heterocycles. The van der Waals surface area contributed by atoms with E-state index in [1.807, 2.05) is 100 Å². The third-order valence-electron chi connectivity index (χ3n) is 4.25. The van der Waals surface area contributed by atoms with Gasteiger partial charge in [0.25, 0.3) is 9.05 Å². The van der Waals surface area contributed by atoms with Crippen LogP contribution in [0.1, 0.15) is 23.6 Å². The van der Waals surface area contributed by atoms with Crippen LogP contribution in [0.4, 0.5) is 0 Å². The van der Waals surface area contributed by atoms with E-state index in [-0.39, 0.29) is 5.57 Å². The van der Waals surface area contributed by atoms with Crippen LogP contribution in [0.5, 0.6) is 0 Å². The van der Waals surface area contributed by atoms with E-state index in [4.69, 9.17) is 24.4 Å². The van der Waals surface area contributed by atoms with Crippen LogP contribution in [0, 0.1) is 0 Å². The Labute approximate surface area is 190 Å². The van der Waals surface area contributed by atoms with E-state index in [0.717, 1.165) is 16.7 Å². The number of aliphatic carboxylic acids is 1. The molecular formula is C23H23O5PS2. The van der Waals surface area contributed by atoms with Crippen molar-refractivity contribution in [2.45, 2.75) is 12.5 Å². The van der Waals surface area contributed by atoms with Gasteiger partial charge in [-0.2, -0.15) is 4.21 Å². The first kappa shape index (κ1) is 24.9. The van der Waals surface area contributed by atoms with Gasteiger partial charge in [-0.05, 0) is 23.6 Å². The second-order valence-corrected chi connectivity index (χ2v) is 9.43. The molecule has 0 heterocycles. The third kappa shape index (κ3) is 6.53. The Kier molecular flexibility index (Phi) is 9.04. The summed E-state index contributed by atoms with van der Waals surface area (Å²) in [4.78, 5) is 9.60. The quantitative estimate of drug-likeness (QED) is 0.294. The number of carbonyl (C=O) groups is 1. The van der Waals surface area contributed by atoms with Crippen molar-refractivity contribution in [1.82, 2.24) is 0 Å². The highest BCUT2D eigenvalue weighted by Gasteiger charge is 2.41. The highest BCUT2D eigenvalue weighted by molar-refractivity contribution is 8.28. The molecular weight excluding hydrogens is 451 g/mol. The van der Waals surface area contributed by atoms with Gasteiger partial charge in [-0.1, -0.05) is 97.6 Å². The van der Waals surface area contributed by atoms with E-state index in [2.05, 4.69) is 6.58 Å². The second kappa shape index (κ2) is 11.3. The molecule has 3 aromatic rings. The molecule has 31 heavy (non-hydrogen) atoms. The maximum atomic E-state index is 12.6. The Morgan fingerprint density at radius 2 is 1.19 bits per heavy atom. The minimum Gasteiger partial charge on any atom is -0.478 e. The van der Waals surface area contributed by atoms with Crippen molar-refractivity contribution in [2.24, 2.45) is 0 Å². The lowest BCUT2D eigenvalue weighted by molar-refractivity contribution is -0.132. The number of hydrogen-bond acceptors (Lipinski definition) is 5. The Morgan fingerprint density at radius 3 is 1.42 bits per heavy atom. The zero-order chi connectivity index (χ0) is 22.9. The van der Waals surface area contributed by atoms with Gasteiger partial charge in [0.05, 0.1) is 0 Å². The van der Waals surface area contributed by atoms with E-state index in [0.29, 0.717) is 0 Å². The summed E-state index contributed by atoms with van der Waals surface area (Å²) < 4.78 is 23.6. The van der Waals surface area contributed by atoms with Gasteiger partial charge in [0.2, 0.25) is 0 Å². The SMILES string of the molecule is C=C(C)C(=O)O.O=S(=S)(OP)OC(c1ccccc1)(c1ccccc1)c1ccccc1. The van der Waals surface area contributed by atoms with Gasteiger partial charge in [0.1, 0.15) is 0 Å². The highest BCUT2D eigenvalue weighted by atomic mass is 32.9. The van der Waals surface area contributed by atoms with Gasteiger partial charge < -0.3 is 5.11 Å². The maximum Gasteiger partial charge on any atom is 0.330 e. The van der Waals surface area contributed by atoms with Gasteiger partial charge >= 0.3 is 5.97 Å². The summed E-state index contributed by atoms with van der Waals surface area (Å²) in [6.07, 6.45) is 0. The van der Waals surface area contributed by atoms with Crippen molar-refractivity contribution < 1.29 is 22.3 Å². The molecule has 0 bridgehead atoms. The molecule has 3 aromatic carbocycles. The minimum atomic E-state index is -3.43. The van der Waals surface area contributed by atoms with Crippen molar-refractivity contribution in [2.75, 3.05) is 0 Å². The van der Waals surface area contributed by atoms with E-state index in [1.165, 1.54) is 6.92 Å². The summed E-state index contributed by atoms with van der Waals surface area (Å²) in [6, 6.07) is 28.8. The molecule has 0 aromatic heterocycles. The summed E-state index contributed by atoms with van der Waals surface area (Å²) in [6.45, 7) is 4.60. The van der Waals surface area contributed by atoms with Crippen LogP contribution in [0.15, 0.2) is 103 Å². The Morgan fingerprint density at radius 1 is 0.903 bits per heavy atom. The van der Waals surface area contributed by atoms with E-state index >= 15 is 0 Å². The first-order valence-corrected chi connectivity index (χ1v) is 11.9. The van der Waals surface area contributed by atoms with Crippen molar-refractivity contribution in [3.05, 3.63) is 120 Å². The van der Waals surface area contributed by atoms with Crippen LogP contribution in [-0.4, -0.2) is 15.3 Å². The van der Waals surface area contributed by atoms with Gasteiger partial charge in [0, 0.05) is 26.2 Å². The first-order chi connectivity index (χ1) is 14.7. The lowest BCUT2D eigenvalue weighted by atomic mass is 9.80. The molecule has 2 atom stereocenters. The van der Waals surface area contributed by atoms with Gasteiger partial charge in [-0.3, -0.25) is 3.97 Å². The lowest BCUT2D eigenvalue weighted by Gasteiger charge is -2.35. The molecule has 0 radical (unpaired) electrons. The standard InChI is InChI=1S/C19H17O3PS2.C4H6O2/c20-25(24,22-23)21-19(16-10-4-1-5-11-16,17-12-6-2-7-13-17)18-14-8-3-9-15-18;1-3(2)4(5)6/h1-15H,23H2;1H2,2H3,(H,5,6). The Bertz CT molecular complexity index is 994. The molecule has 0 spiro atoms. The number of benzene rings is 3. The first-order valence-electron chi connectivity index (χ1n) is 9.12. The number of carboxylic acid groups (broad SMARTS) is 1. The molecule has 0 aliphatic rings. The molecule has 0 amide bonds. The summed E-state index contributed by atoms with van der Waals surface area (Å²) in [7, 11) is -1.49.